The second-order valence-corrected chi connectivity index (χ2v) is 5.71. The SMILES string of the molecule is CNc1ccc2ccc(CC(C)(C)C)cc2n1. The number of nitrogens with one attached hydrogen (secondary N) is 1. The van der Waals surface area contributed by atoms with Gasteiger partial charge in [0.15, 0.2) is 0 Å². The van der Waals surface area contributed by atoms with Crippen LogP contribution in [0.15, 0.2) is 30.3 Å². The molecule has 90 valence electrons. The zero-order chi connectivity index (χ0) is 12.5. The molecule has 2 rings (SSSR count). The van der Waals surface area contributed by atoms with E-state index in [1.165, 1.54) is 10.9 Å². The number of fused-ring (bicyclic) bond motifs is 1. The van der Waals surface area contributed by atoms with Gasteiger partial charge in [-0.3, -0.25) is 0 Å². The van der Waals surface area contributed by atoms with Crippen molar-refractivity contribution < 1.29 is 0 Å². The fourth-order valence-electron chi connectivity index (χ4n) is 2.02. The molecule has 0 atom stereocenters. The maximum absolute atomic E-state index is 4.57. The van der Waals surface area contributed by atoms with Gasteiger partial charge in [-0.1, -0.05) is 32.9 Å². The lowest BCUT2D eigenvalue weighted by Crippen LogP contribution is -2.09. The summed E-state index contributed by atoms with van der Waals surface area (Å²) < 4.78 is 0. The lowest BCUT2D eigenvalue weighted by Gasteiger charge is -2.18. The van der Waals surface area contributed by atoms with Gasteiger partial charge in [-0.15, -0.1) is 0 Å². The molecule has 0 aliphatic heterocycles. The molecule has 2 nitrogen and oxygen atoms in total. The molecule has 1 aromatic heterocycles. The van der Waals surface area contributed by atoms with Crippen molar-refractivity contribution in [2.24, 2.45) is 5.41 Å². The van der Waals surface area contributed by atoms with Gasteiger partial charge in [-0.2, -0.15) is 0 Å². The summed E-state index contributed by atoms with van der Waals surface area (Å²) in [5.41, 5.74) is 2.73. The van der Waals surface area contributed by atoms with Crippen molar-refractivity contribution in [2.75, 3.05) is 12.4 Å². The van der Waals surface area contributed by atoms with Gasteiger partial charge in [0.05, 0.1) is 5.52 Å². The standard InChI is InChI=1S/C15H20N2/c1-15(2,3)10-11-5-6-12-7-8-14(16-4)17-13(12)9-11/h5-9H,10H2,1-4H3,(H,16,17). The summed E-state index contributed by atoms with van der Waals surface area (Å²) >= 11 is 0. The Bertz CT molecular complexity index is 524. The zero-order valence-electron chi connectivity index (χ0n) is 11.0. The zero-order valence-corrected chi connectivity index (χ0v) is 11.0. The van der Waals surface area contributed by atoms with Crippen molar-refractivity contribution in [1.29, 1.82) is 0 Å². The normalized spacial score (nSPS) is 11.8. The molecule has 0 saturated heterocycles. The Morgan fingerprint density at radius 3 is 2.47 bits per heavy atom. The Hall–Kier alpha value is -1.57. The van der Waals surface area contributed by atoms with E-state index >= 15 is 0 Å². The van der Waals surface area contributed by atoms with Crippen LogP contribution in [0.25, 0.3) is 10.9 Å². The van der Waals surface area contributed by atoms with Crippen molar-refractivity contribution in [2.45, 2.75) is 27.2 Å². The molecule has 0 aliphatic rings. The van der Waals surface area contributed by atoms with Crippen LogP contribution in [0.1, 0.15) is 26.3 Å². The molecule has 1 N–H and O–H groups in total. The van der Waals surface area contributed by atoms with E-state index in [1.54, 1.807) is 0 Å². The van der Waals surface area contributed by atoms with Crippen molar-refractivity contribution in [3.05, 3.63) is 35.9 Å². The number of rotatable bonds is 2. The summed E-state index contributed by atoms with van der Waals surface area (Å²) in [6.45, 7) is 6.78. The fraction of sp³-hybridized carbons (Fsp3) is 0.400. The summed E-state index contributed by atoms with van der Waals surface area (Å²) in [7, 11) is 1.90. The van der Waals surface area contributed by atoms with E-state index in [-0.39, 0.29) is 0 Å². The van der Waals surface area contributed by atoms with E-state index in [1.807, 2.05) is 13.1 Å². The first kappa shape index (κ1) is 11.9. The van der Waals surface area contributed by atoms with Crippen LogP contribution in [-0.2, 0) is 6.42 Å². The maximum Gasteiger partial charge on any atom is 0.126 e. The average Bonchev–Trinajstić information content (AvgIpc) is 2.26. The summed E-state index contributed by atoms with van der Waals surface area (Å²) in [6.07, 6.45) is 1.08. The van der Waals surface area contributed by atoms with Crippen molar-refractivity contribution in [3.8, 4) is 0 Å². The quantitative estimate of drug-likeness (QED) is 0.844. The summed E-state index contributed by atoms with van der Waals surface area (Å²) in [4.78, 5) is 4.57. The van der Waals surface area contributed by atoms with Crippen LogP contribution >= 0.6 is 0 Å². The van der Waals surface area contributed by atoms with Crippen molar-refractivity contribution in [1.82, 2.24) is 4.98 Å². The van der Waals surface area contributed by atoms with Crippen LogP contribution < -0.4 is 5.32 Å². The van der Waals surface area contributed by atoms with Gasteiger partial charge in [-0.05, 0) is 35.6 Å². The molecule has 17 heavy (non-hydrogen) atoms. The third-order valence-corrected chi connectivity index (χ3v) is 2.75. The van der Waals surface area contributed by atoms with Crippen LogP contribution in [-0.4, -0.2) is 12.0 Å². The van der Waals surface area contributed by atoms with Crippen LogP contribution in [0.5, 0.6) is 0 Å². The number of benzene rings is 1. The molecule has 0 amide bonds. The summed E-state index contributed by atoms with van der Waals surface area (Å²) in [6, 6.07) is 10.7. The molecular weight excluding hydrogens is 208 g/mol. The van der Waals surface area contributed by atoms with E-state index in [0.29, 0.717) is 5.41 Å². The molecule has 0 aliphatic carbocycles. The van der Waals surface area contributed by atoms with Gasteiger partial charge in [0.2, 0.25) is 0 Å². The molecule has 0 unspecified atom stereocenters. The number of hydrogen-bond acceptors (Lipinski definition) is 2. The largest absolute Gasteiger partial charge is 0.373 e. The van der Waals surface area contributed by atoms with Gasteiger partial charge in [0.25, 0.3) is 0 Å². The van der Waals surface area contributed by atoms with E-state index in [4.69, 9.17) is 0 Å². The summed E-state index contributed by atoms with van der Waals surface area (Å²) in [5, 5.41) is 4.27. The van der Waals surface area contributed by atoms with E-state index < -0.39 is 0 Å². The minimum Gasteiger partial charge on any atom is -0.373 e. The minimum absolute atomic E-state index is 0.314. The molecule has 0 spiro atoms. The maximum atomic E-state index is 4.57. The number of anilines is 1. The smallest absolute Gasteiger partial charge is 0.126 e. The molecule has 0 fully saturated rings. The fourth-order valence-corrected chi connectivity index (χ4v) is 2.02. The van der Waals surface area contributed by atoms with Crippen LogP contribution in [0.2, 0.25) is 0 Å². The second-order valence-electron chi connectivity index (χ2n) is 5.71. The van der Waals surface area contributed by atoms with Gasteiger partial charge >= 0.3 is 0 Å². The Kier molecular flexibility index (Phi) is 3.05. The average molecular weight is 228 g/mol. The van der Waals surface area contributed by atoms with Gasteiger partial charge < -0.3 is 5.32 Å². The monoisotopic (exact) mass is 228 g/mol. The van der Waals surface area contributed by atoms with Gasteiger partial charge in [0, 0.05) is 12.4 Å². The highest BCUT2D eigenvalue weighted by Crippen LogP contribution is 2.23. The van der Waals surface area contributed by atoms with Crippen LogP contribution in [0, 0.1) is 5.41 Å². The number of pyridine rings is 1. The lowest BCUT2D eigenvalue weighted by atomic mass is 9.88. The highest BCUT2D eigenvalue weighted by atomic mass is 15.0. The highest BCUT2D eigenvalue weighted by molar-refractivity contribution is 5.80. The van der Waals surface area contributed by atoms with Gasteiger partial charge in [0.1, 0.15) is 5.82 Å². The Morgan fingerprint density at radius 1 is 1.12 bits per heavy atom. The van der Waals surface area contributed by atoms with Gasteiger partial charge in [-0.25, -0.2) is 4.98 Å². The third-order valence-electron chi connectivity index (χ3n) is 2.75. The van der Waals surface area contributed by atoms with Crippen LogP contribution in [0.4, 0.5) is 5.82 Å². The summed E-state index contributed by atoms with van der Waals surface area (Å²) in [5.74, 6) is 0.922. The number of nitrogens with zero attached hydrogens (tertiary/aromatic N) is 1. The predicted octanol–water partition coefficient (Wildman–Crippen LogP) is 3.87. The third kappa shape index (κ3) is 2.96. The van der Waals surface area contributed by atoms with E-state index in [0.717, 1.165) is 17.8 Å². The molecule has 0 saturated carbocycles. The first-order valence-electron chi connectivity index (χ1n) is 6.05. The number of aromatic nitrogens is 1. The molecule has 2 aromatic rings. The first-order valence-corrected chi connectivity index (χ1v) is 6.05. The molecule has 0 bridgehead atoms. The second kappa shape index (κ2) is 4.36. The van der Waals surface area contributed by atoms with Crippen molar-refractivity contribution >= 4 is 16.7 Å². The highest BCUT2D eigenvalue weighted by Gasteiger charge is 2.11. The molecule has 2 heteroatoms. The Balaban J connectivity index is 2.41. The topological polar surface area (TPSA) is 24.9 Å². The van der Waals surface area contributed by atoms with Crippen LogP contribution in [0.3, 0.4) is 0 Å². The Morgan fingerprint density at radius 2 is 1.82 bits per heavy atom. The molecule has 1 aromatic carbocycles. The molecule has 0 radical (unpaired) electrons. The minimum atomic E-state index is 0.314. The molecular formula is C15H20N2. The number of hydrogen-bond donors (Lipinski definition) is 1. The lowest BCUT2D eigenvalue weighted by molar-refractivity contribution is 0.411. The Labute approximate surface area is 103 Å². The van der Waals surface area contributed by atoms with E-state index in [2.05, 4.69) is 55.3 Å². The molecule has 1 heterocycles. The van der Waals surface area contributed by atoms with E-state index in [9.17, 15) is 0 Å². The first-order chi connectivity index (χ1) is 7.98. The van der Waals surface area contributed by atoms with Crippen molar-refractivity contribution in [3.63, 3.8) is 0 Å². The predicted molar refractivity (Wildman–Crippen MR) is 74.4 cm³/mol.